The van der Waals surface area contributed by atoms with Crippen LogP contribution in [0, 0.1) is 5.82 Å². The monoisotopic (exact) mass is 318 g/mol. The molecule has 1 aromatic carbocycles. The lowest BCUT2D eigenvalue weighted by Gasteiger charge is -2.23. The highest BCUT2D eigenvalue weighted by Crippen LogP contribution is 2.17. The van der Waals surface area contributed by atoms with Crippen LogP contribution in [0.2, 0.25) is 0 Å². The molecule has 0 saturated carbocycles. The average Bonchev–Trinajstić information content (AvgIpc) is 3.05. The van der Waals surface area contributed by atoms with Crippen LogP contribution in [-0.2, 0) is 6.54 Å². The third-order valence-corrected chi connectivity index (χ3v) is 3.59. The molecule has 0 fully saturated rings. The lowest BCUT2D eigenvalue weighted by atomic mass is 10.2. The SMILES string of the molecule is CN=C(NCc1ccccc1F)NCC(c1ccco1)N(C)C. The zero-order chi connectivity index (χ0) is 16.7. The van der Waals surface area contributed by atoms with Crippen molar-refractivity contribution < 1.29 is 8.81 Å². The van der Waals surface area contributed by atoms with Crippen molar-refractivity contribution in [2.45, 2.75) is 12.6 Å². The first kappa shape index (κ1) is 17.0. The van der Waals surface area contributed by atoms with Crippen LogP contribution in [0.3, 0.4) is 0 Å². The first-order valence-electron chi connectivity index (χ1n) is 7.49. The second kappa shape index (κ2) is 8.33. The van der Waals surface area contributed by atoms with Crippen molar-refractivity contribution in [3.63, 3.8) is 0 Å². The number of hydrogen-bond acceptors (Lipinski definition) is 3. The molecule has 1 heterocycles. The zero-order valence-electron chi connectivity index (χ0n) is 13.7. The van der Waals surface area contributed by atoms with Gasteiger partial charge in [0.2, 0.25) is 0 Å². The van der Waals surface area contributed by atoms with Crippen LogP contribution in [0.4, 0.5) is 4.39 Å². The number of rotatable bonds is 6. The smallest absolute Gasteiger partial charge is 0.191 e. The third kappa shape index (κ3) is 4.82. The highest BCUT2D eigenvalue weighted by molar-refractivity contribution is 5.79. The number of hydrogen-bond donors (Lipinski definition) is 2. The Morgan fingerprint density at radius 1 is 1.22 bits per heavy atom. The topological polar surface area (TPSA) is 52.8 Å². The number of nitrogens with zero attached hydrogens (tertiary/aromatic N) is 2. The zero-order valence-corrected chi connectivity index (χ0v) is 13.7. The fourth-order valence-corrected chi connectivity index (χ4v) is 2.25. The van der Waals surface area contributed by atoms with E-state index in [0.29, 0.717) is 24.6 Å². The van der Waals surface area contributed by atoms with Crippen LogP contribution in [0.1, 0.15) is 17.4 Å². The molecule has 2 rings (SSSR count). The Kier molecular flexibility index (Phi) is 6.17. The summed E-state index contributed by atoms with van der Waals surface area (Å²) in [6.45, 7) is 0.997. The second-order valence-corrected chi connectivity index (χ2v) is 5.39. The van der Waals surface area contributed by atoms with E-state index in [-0.39, 0.29) is 11.9 Å². The van der Waals surface area contributed by atoms with Crippen LogP contribution in [-0.4, -0.2) is 38.5 Å². The van der Waals surface area contributed by atoms with Crippen LogP contribution in [0.25, 0.3) is 0 Å². The number of halogens is 1. The summed E-state index contributed by atoms with van der Waals surface area (Å²) in [6.07, 6.45) is 1.66. The molecule has 0 radical (unpaired) electrons. The molecule has 6 heteroatoms. The van der Waals surface area contributed by atoms with E-state index in [1.807, 2.05) is 32.3 Å². The molecule has 1 atom stereocenters. The Balaban J connectivity index is 1.91. The summed E-state index contributed by atoms with van der Waals surface area (Å²) in [5.41, 5.74) is 0.602. The minimum absolute atomic E-state index is 0.0806. The summed E-state index contributed by atoms with van der Waals surface area (Å²) in [6, 6.07) is 10.6. The van der Waals surface area contributed by atoms with E-state index in [9.17, 15) is 4.39 Å². The molecule has 1 aromatic heterocycles. The predicted octanol–water partition coefficient (Wildman–Crippen LogP) is 2.39. The molecule has 2 aromatic rings. The molecule has 23 heavy (non-hydrogen) atoms. The molecule has 1 unspecified atom stereocenters. The van der Waals surface area contributed by atoms with E-state index >= 15 is 0 Å². The lowest BCUT2D eigenvalue weighted by Crippen LogP contribution is -2.41. The normalized spacial score (nSPS) is 13.2. The Morgan fingerprint density at radius 3 is 2.61 bits per heavy atom. The molecule has 2 N–H and O–H groups in total. The van der Waals surface area contributed by atoms with Gasteiger partial charge in [-0.3, -0.25) is 9.89 Å². The van der Waals surface area contributed by atoms with Crippen molar-refractivity contribution in [3.8, 4) is 0 Å². The molecule has 0 aliphatic rings. The standard InChI is InChI=1S/C17H23FN4O/c1-19-17(20-11-13-7-4-5-8-14(13)18)21-12-15(22(2)3)16-9-6-10-23-16/h4-10,15H,11-12H2,1-3H3,(H2,19,20,21). The van der Waals surface area contributed by atoms with Crippen molar-refractivity contribution in [2.75, 3.05) is 27.7 Å². The van der Waals surface area contributed by atoms with Gasteiger partial charge in [-0.15, -0.1) is 0 Å². The van der Waals surface area contributed by atoms with Gasteiger partial charge in [-0.25, -0.2) is 4.39 Å². The van der Waals surface area contributed by atoms with Gasteiger partial charge in [-0.05, 0) is 32.3 Å². The van der Waals surface area contributed by atoms with Gasteiger partial charge in [-0.2, -0.15) is 0 Å². The van der Waals surface area contributed by atoms with Crippen LogP contribution >= 0.6 is 0 Å². The maximum atomic E-state index is 13.6. The highest BCUT2D eigenvalue weighted by atomic mass is 19.1. The van der Waals surface area contributed by atoms with E-state index in [0.717, 1.165) is 5.76 Å². The van der Waals surface area contributed by atoms with Crippen molar-refractivity contribution in [1.82, 2.24) is 15.5 Å². The van der Waals surface area contributed by atoms with Crippen molar-refractivity contribution >= 4 is 5.96 Å². The molecule has 5 nitrogen and oxygen atoms in total. The number of guanidine groups is 1. The van der Waals surface area contributed by atoms with Gasteiger partial charge in [0.25, 0.3) is 0 Å². The summed E-state index contributed by atoms with van der Waals surface area (Å²) in [5, 5.41) is 6.36. The number of aliphatic imine (C=N–C) groups is 1. The highest BCUT2D eigenvalue weighted by Gasteiger charge is 2.17. The fourth-order valence-electron chi connectivity index (χ4n) is 2.25. The van der Waals surface area contributed by atoms with Crippen LogP contribution in [0.15, 0.2) is 52.1 Å². The Bertz CT molecular complexity index is 625. The van der Waals surface area contributed by atoms with Gasteiger partial charge in [-0.1, -0.05) is 18.2 Å². The van der Waals surface area contributed by atoms with E-state index < -0.39 is 0 Å². The Hall–Kier alpha value is -2.34. The average molecular weight is 318 g/mol. The number of benzene rings is 1. The quantitative estimate of drug-likeness (QED) is 0.634. The molecular formula is C17H23FN4O. The number of nitrogens with one attached hydrogen (secondary N) is 2. The van der Waals surface area contributed by atoms with Gasteiger partial charge < -0.3 is 15.1 Å². The third-order valence-electron chi connectivity index (χ3n) is 3.59. The van der Waals surface area contributed by atoms with E-state index in [2.05, 4.69) is 20.5 Å². The minimum atomic E-state index is -0.225. The molecule has 0 bridgehead atoms. The maximum Gasteiger partial charge on any atom is 0.191 e. The molecule has 124 valence electrons. The van der Waals surface area contributed by atoms with Crippen molar-refractivity contribution in [1.29, 1.82) is 0 Å². The van der Waals surface area contributed by atoms with Gasteiger partial charge >= 0.3 is 0 Å². The van der Waals surface area contributed by atoms with Gasteiger partial charge in [0.15, 0.2) is 5.96 Å². The number of furan rings is 1. The fraction of sp³-hybridized carbons (Fsp3) is 0.353. The van der Waals surface area contributed by atoms with Gasteiger partial charge in [0.1, 0.15) is 11.6 Å². The van der Waals surface area contributed by atoms with E-state index in [4.69, 9.17) is 4.42 Å². The maximum absolute atomic E-state index is 13.6. The van der Waals surface area contributed by atoms with Crippen LogP contribution < -0.4 is 10.6 Å². The molecule has 0 saturated heterocycles. The summed E-state index contributed by atoms with van der Waals surface area (Å²) < 4.78 is 19.1. The molecular weight excluding hydrogens is 295 g/mol. The molecule has 0 aliphatic heterocycles. The second-order valence-electron chi connectivity index (χ2n) is 5.39. The van der Waals surface area contributed by atoms with Crippen molar-refractivity contribution in [3.05, 3.63) is 59.8 Å². The van der Waals surface area contributed by atoms with Gasteiger partial charge in [0.05, 0.1) is 12.3 Å². The van der Waals surface area contributed by atoms with E-state index in [1.165, 1.54) is 6.07 Å². The molecule has 0 aliphatic carbocycles. The Morgan fingerprint density at radius 2 is 2.00 bits per heavy atom. The predicted molar refractivity (Wildman–Crippen MR) is 89.7 cm³/mol. The molecule has 0 amide bonds. The summed E-state index contributed by atoms with van der Waals surface area (Å²) in [5.74, 6) is 1.27. The first-order chi connectivity index (χ1) is 11.1. The lowest BCUT2D eigenvalue weighted by molar-refractivity contribution is 0.258. The van der Waals surface area contributed by atoms with Crippen molar-refractivity contribution in [2.24, 2.45) is 4.99 Å². The largest absolute Gasteiger partial charge is 0.468 e. The molecule has 0 spiro atoms. The van der Waals surface area contributed by atoms with Gasteiger partial charge in [0, 0.05) is 25.7 Å². The number of likely N-dealkylation sites (N-methyl/N-ethyl adjacent to an activating group) is 1. The van der Waals surface area contributed by atoms with E-state index in [1.54, 1.807) is 25.4 Å². The summed E-state index contributed by atoms with van der Waals surface area (Å²) in [7, 11) is 5.67. The summed E-state index contributed by atoms with van der Waals surface area (Å²) in [4.78, 5) is 6.23. The minimum Gasteiger partial charge on any atom is -0.468 e. The summed E-state index contributed by atoms with van der Waals surface area (Å²) >= 11 is 0. The Labute approximate surface area is 136 Å². The first-order valence-corrected chi connectivity index (χ1v) is 7.49. The van der Waals surface area contributed by atoms with Crippen LogP contribution in [0.5, 0.6) is 0 Å².